The number of rotatable bonds is 9. The predicted octanol–water partition coefficient (Wildman–Crippen LogP) is 1.74. The number of benzene rings is 1. The second-order valence-electron chi connectivity index (χ2n) is 4.54. The van der Waals surface area contributed by atoms with Crippen LogP contribution in [0.25, 0.3) is 10.9 Å². The molecule has 0 saturated heterocycles. The Bertz CT molecular complexity index is 707. The Morgan fingerprint density at radius 2 is 2.00 bits per heavy atom. The van der Waals surface area contributed by atoms with Crippen LogP contribution in [-0.4, -0.2) is 40.0 Å². The summed E-state index contributed by atoms with van der Waals surface area (Å²) in [4.78, 5) is 4.42. The lowest BCUT2D eigenvalue weighted by atomic mass is 10.2. The van der Waals surface area contributed by atoms with Crippen molar-refractivity contribution in [1.29, 1.82) is 0 Å². The van der Waals surface area contributed by atoms with Gasteiger partial charge in [0.25, 0.3) is 9.05 Å². The van der Waals surface area contributed by atoms with Gasteiger partial charge in [0.2, 0.25) is 5.88 Å². The van der Waals surface area contributed by atoms with Gasteiger partial charge in [-0.05, 0) is 25.1 Å². The maximum atomic E-state index is 10.7. The third kappa shape index (κ3) is 6.20. The lowest BCUT2D eigenvalue weighted by Gasteiger charge is -2.07. The first-order valence-electron chi connectivity index (χ1n) is 6.86. The molecule has 0 bridgehead atoms. The van der Waals surface area contributed by atoms with Gasteiger partial charge in [-0.25, -0.2) is 4.98 Å². The highest BCUT2D eigenvalue weighted by Gasteiger charge is 2.00. The second-order valence-corrected chi connectivity index (χ2v) is 6.90. The van der Waals surface area contributed by atoms with Crippen molar-refractivity contribution < 1.29 is 17.7 Å². The molecular weight excluding hydrogens is 324 g/mol. The first-order chi connectivity index (χ1) is 10.5. The highest BCUT2D eigenvalue weighted by molar-refractivity contribution is 8.27. The van der Waals surface area contributed by atoms with Gasteiger partial charge < -0.3 is 10.1 Å². The minimum atomic E-state index is -3.52. The van der Waals surface area contributed by atoms with E-state index in [0.717, 1.165) is 17.3 Å². The highest BCUT2D eigenvalue weighted by Crippen LogP contribution is 2.15. The summed E-state index contributed by atoms with van der Waals surface area (Å²) in [5.41, 5.74) is 0.909. The molecule has 0 aliphatic carbocycles. The van der Waals surface area contributed by atoms with Crippen LogP contribution in [0, 0.1) is 0 Å². The van der Waals surface area contributed by atoms with Crippen LogP contribution in [0.15, 0.2) is 36.4 Å². The zero-order valence-corrected chi connectivity index (χ0v) is 13.6. The summed E-state index contributed by atoms with van der Waals surface area (Å²) in [5.74, 6) is 0.605. The van der Waals surface area contributed by atoms with Crippen molar-refractivity contribution >= 4 is 31.1 Å². The van der Waals surface area contributed by atoms with Crippen LogP contribution >= 0.6 is 0 Å². The Kier molecular flexibility index (Phi) is 6.47. The molecule has 0 spiro atoms. The van der Waals surface area contributed by atoms with Crippen LogP contribution in [0.4, 0.5) is 0 Å². The molecule has 1 unspecified atom stereocenters. The standard InChI is InChI=1S/C14H18N2O4S2/c17-22(18,21)20-11-9-15-8-3-10-19-14-7-6-12-4-1-2-5-13(12)16-14/h1-2,4-7,15H,3,8-11H2,(H,17,18,21). The monoisotopic (exact) mass is 342 g/mol. The molecule has 8 heteroatoms. The van der Waals surface area contributed by atoms with Crippen LogP contribution in [-0.2, 0) is 24.4 Å². The first-order valence-corrected chi connectivity index (χ1v) is 9.22. The van der Waals surface area contributed by atoms with Crippen molar-refractivity contribution in [3.05, 3.63) is 36.4 Å². The molecule has 0 fully saturated rings. The van der Waals surface area contributed by atoms with Gasteiger partial charge in [-0.15, -0.1) is 0 Å². The number of fused-ring (bicyclic) bond motifs is 1. The van der Waals surface area contributed by atoms with E-state index >= 15 is 0 Å². The average molecular weight is 342 g/mol. The molecule has 0 amide bonds. The van der Waals surface area contributed by atoms with Gasteiger partial charge >= 0.3 is 0 Å². The first kappa shape index (κ1) is 17.0. The average Bonchev–Trinajstić information content (AvgIpc) is 2.48. The van der Waals surface area contributed by atoms with Gasteiger partial charge in [0, 0.05) is 29.2 Å². The smallest absolute Gasteiger partial charge is 0.266 e. The number of ether oxygens (including phenoxy) is 1. The molecule has 1 atom stereocenters. The van der Waals surface area contributed by atoms with Crippen LogP contribution in [0.2, 0.25) is 0 Å². The Hall–Kier alpha value is -1.32. The fourth-order valence-electron chi connectivity index (χ4n) is 1.85. The molecule has 2 N–H and O–H groups in total. The van der Waals surface area contributed by atoms with E-state index in [4.69, 9.17) is 9.29 Å². The normalized spacial score (nSPS) is 13.9. The van der Waals surface area contributed by atoms with Crippen LogP contribution in [0.1, 0.15) is 6.42 Å². The van der Waals surface area contributed by atoms with Gasteiger partial charge in [-0.3, -0.25) is 8.74 Å². The number of hydrogen-bond acceptors (Lipinski definition) is 6. The summed E-state index contributed by atoms with van der Waals surface area (Å²) in [6, 6.07) is 11.7. The lowest BCUT2D eigenvalue weighted by molar-refractivity contribution is 0.285. The van der Waals surface area contributed by atoms with Crippen molar-refractivity contribution in [1.82, 2.24) is 10.3 Å². The Morgan fingerprint density at radius 3 is 2.82 bits per heavy atom. The number of hydrogen-bond donors (Lipinski definition) is 2. The second kappa shape index (κ2) is 8.35. The van der Waals surface area contributed by atoms with Crippen LogP contribution < -0.4 is 10.1 Å². The van der Waals surface area contributed by atoms with Crippen molar-refractivity contribution in [2.24, 2.45) is 0 Å². The molecule has 0 aliphatic heterocycles. The van der Waals surface area contributed by atoms with Gasteiger partial charge in [-0.1, -0.05) is 18.2 Å². The SMILES string of the molecule is O=S(O)(=S)OCCNCCCOc1ccc2ccccc2n1. The van der Waals surface area contributed by atoms with E-state index in [1.165, 1.54) is 0 Å². The Balaban J connectivity index is 1.62. The molecule has 1 aromatic heterocycles. The molecule has 0 radical (unpaired) electrons. The highest BCUT2D eigenvalue weighted by atomic mass is 32.9. The molecule has 120 valence electrons. The quantitative estimate of drug-likeness (QED) is 0.672. The fourth-order valence-corrected chi connectivity index (χ4v) is 2.34. The summed E-state index contributed by atoms with van der Waals surface area (Å²) >= 11 is 4.20. The molecule has 0 aliphatic rings. The number of pyridine rings is 1. The molecule has 1 aromatic carbocycles. The van der Waals surface area contributed by atoms with Crippen molar-refractivity contribution in [3.63, 3.8) is 0 Å². The largest absolute Gasteiger partial charge is 0.478 e. The van der Waals surface area contributed by atoms with E-state index in [9.17, 15) is 4.21 Å². The zero-order valence-electron chi connectivity index (χ0n) is 11.9. The third-order valence-corrected chi connectivity index (χ3v) is 3.59. The number of aromatic nitrogens is 1. The van der Waals surface area contributed by atoms with E-state index in [0.29, 0.717) is 25.6 Å². The summed E-state index contributed by atoms with van der Waals surface area (Å²) in [6.07, 6.45) is 0.789. The summed E-state index contributed by atoms with van der Waals surface area (Å²) < 4.78 is 29.5. The summed E-state index contributed by atoms with van der Waals surface area (Å²) in [6.45, 7) is 1.81. The van der Waals surface area contributed by atoms with Gasteiger partial charge in [0.1, 0.15) is 0 Å². The van der Waals surface area contributed by atoms with Crippen molar-refractivity contribution in [2.75, 3.05) is 26.3 Å². The van der Waals surface area contributed by atoms with Gasteiger partial charge in [0.15, 0.2) is 0 Å². The Labute approximate surface area is 134 Å². The molecule has 6 nitrogen and oxygen atoms in total. The van der Waals surface area contributed by atoms with E-state index in [1.54, 1.807) is 0 Å². The van der Waals surface area contributed by atoms with E-state index < -0.39 is 9.05 Å². The number of para-hydroxylation sites is 1. The molecule has 1 heterocycles. The zero-order chi connectivity index (χ0) is 15.8. The van der Waals surface area contributed by atoms with Crippen LogP contribution in [0.5, 0.6) is 5.88 Å². The lowest BCUT2D eigenvalue weighted by Crippen LogP contribution is -2.23. The number of nitrogens with one attached hydrogen (secondary N) is 1. The molecule has 0 saturated carbocycles. The van der Waals surface area contributed by atoms with E-state index in [-0.39, 0.29) is 6.61 Å². The summed E-state index contributed by atoms with van der Waals surface area (Å²) in [5, 5.41) is 4.15. The molecule has 2 rings (SSSR count). The third-order valence-electron chi connectivity index (χ3n) is 2.83. The molecule has 2 aromatic rings. The van der Waals surface area contributed by atoms with Crippen molar-refractivity contribution in [2.45, 2.75) is 6.42 Å². The van der Waals surface area contributed by atoms with Gasteiger partial charge in [0.05, 0.1) is 18.7 Å². The van der Waals surface area contributed by atoms with Crippen LogP contribution in [0.3, 0.4) is 0 Å². The maximum Gasteiger partial charge on any atom is 0.266 e. The maximum absolute atomic E-state index is 10.7. The summed E-state index contributed by atoms with van der Waals surface area (Å²) in [7, 11) is -3.52. The molecular formula is C14H18N2O4S2. The van der Waals surface area contributed by atoms with E-state index in [2.05, 4.69) is 25.7 Å². The topological polar surface area (TPSA) is 80.7 Å². The predicted molar refractivity (Wildman–Crippen MR) is 88.8 cm³/mol. The minimum absolute atomic E-state index is 0.103. The Morgan fingerprint density at radius 1 is 1.18 bits per heavy atom. The minimum Gasteiger partial charge on any atom is -0.478 e. The number of nitrogens with zero attached hydrogens (tertiary/aromatic N) is 1. The van der Waals surface area contributed by atoms with Gasteiger partial charge in [-0.2, -0.15) is 4.21 Å². The molecule has 22 heavy (non-hydrogen) atoms. The van der Waals surface area contributed by atoms with Crippen molar-refractivity contribution in [3.8, 4) is 5.88 Å². The van der Waals surface area contributed by atoms with E-state index in [1.807, 2.05) is 36.4 Å². The fraction of sp³-hybridized carbons (Fsp3) is 0.357.